The Hall–Kier alpha value is -3.36. The van der Waals surface area contributed by atoms with Crippen LogP contribution in [0.4, 0.5) is 4.39 Å². The number of amidine groups is 1. The van der Waals surface area contributed by atoms with E-state index in [1.165, 1.54) is 6.07 Å². The largest absolute Gasteiger partial charge is 0.393 e. The Bertz CT molecular complexity index is 1370. The second kappa shape index (κ2) is 10.7. The maximum atomic E-state index is 14.3. The molecule has 39 heavy (non-hydrogen) atoms. The Balaban J connectivity index is 1.45. The summed E-state index contributed by atoms with van der Waals surface area (Å²) >= 11 is 0. The summed E-state index contributed by atoms with van der Waals surface area (Å²) in [7, 11) is 0. The lowest BCUT2D eigenvalue weighted by atomic mass is 9.79. The molecule has 0 bridgehead atoms. The van der Waals surface area contributed by atoms with Crippen molar-refractivity contribution in [2.24, 2.45) is 22.7 Å². The Kier molecular flexibility index (Phi) is 7.44. The zero-order chi connectivity index (χ0) is 27.9. The number of Topliss-reactive ketones (excluding diaryl/α,β-unsaturated/α-hetero) is 1. The summed E-state index contributed by atoms with van der Waals surface area (Å²) in [6.07, 6.45) is 0.267. The molecule has 5 atom stereocenters. The van der Waals surface area contributed by atoms with E-state index in [9.17, 15) is 14.3 Å². The highest BCUT2D eigenvalue weighted by molar-refractivity contribution is 5.95. The van der Waals surface area contributed by atoms with Gasteiger partial charge in [0.25, 0.3) is 0 Å². The summed E-state index contributed by atoms with van der Waals surface area (Å²) in [6.45, 7) is 10.6. The molecule has 8 heteroatoms. The van der Waals surface area contributed by atoms with Crippen LogP contribution in [0, 0.1) is 30.5 Å². The fourth-order valence-electron chi connectivity index (χ4n) is 6.19. The first-order valence-electron chi connectivity index (χ1n) is 13.8. The van der Waals surface area contributed by atoms with Gasteiger partial charge in [0.15, 0.2) is 5.66 Å². The third kappa shape index (κ3) is 5.03. The second-order valence-corrected chi connectivity index (χ2v) is 11.3. The number of aromatic nitrogens is 1. The molecule has 1 saturated carbocycles. The van der Waals surface area contributed by atoms with E-state index in [-0.39, 0.29) is 23.4 Å². The highest BCUT2D eigenvalue weighted by atomic mass is 19.1. The van der Waals surface area contributed by atoms with Crippen molar-refractivity contribution in [3.63, 3.8) is 0 Å². The van der Waals surface area contributed by atoms with Gasteiger partial charge in [-0.05, 0) is 49.8 Å². The van der Waals surface area contributed by atoms with E-state index >= 15 is 0 Å². The van der Waals surface area contributed by atoms with Crippen LogP contribution in [0.15, 0.2) is 64.1 Å². The van der Waals surface area contributed by atoms with Crippen LogP contribution in [0.3, 0.4) is 0 Å². The Labute approximate surface area is 229 Å². The van der Waals surface area contributed by atoms with Crippen molar-refractivity contribution in [1.82, 2.24) is 15.6 Å². The van der Waals surface area contributed by atoms with E-state index < -0.39 is 23.6 Å². The molecule has 2 heterocycles. The minimum absolute atomic E-state index is 0.0205. The molecular formula is C31H37FN4O3. The molecule has 7 nitrogen and oxygen atoms in total. The van der Waals surface area contributed by atoms with Gasteiger partial charge in [-0.1, -0.05) is 68.4 Å². The maximum Gasteiger partial charge on any atom is 0.154 e. The number of ketones is 1. The summed E-state index contributed by atoms with van der Waals surface area (Å²) in [5.74, 6) is 0.0217. The van der Waals surface area contributed by atoms with Crippen molar-refractivity contribution < 1.29 is 18.8 Å². The first-order chi connectivity index (χ1) is 18.6. The molecule has 0 radical (unpaired) electrons. The predicted molar refractivity (Wildman–Crippen MR) is 148 cm³/mol. The van der Waals surface area contributed by atoms with Gasteiger partial charge >= 0.3 is 0 Å². The number of hydrogen-bond acceptors (Lipinski definition) is 7. The number of rotatable bonds is 8. The van der Waals surface area contributed by atoms with Gasteiger partial charge in [0.2, 0.25) is 0 Å². The summed E-state index contributed by atoms with van der Waals surface area (Å²) < 4.78 is 19.9. The molecular weight excluding hydrogens is 495 g/mol. The number of hydrazine groups is 1. The molecule has 206 valence electrons. The number of halogens is 1. The van der Waals surface area contributed by atoms with Crippen molar-refractivity contribution in [2.45, 2.75) is 65.1 Å². The third-order valence-corrected chi connectivity index (χ3v) is 8.23. The first-order valence-corrected chi connectivity index (χ1v) is 13.8. The molecule has 2 N–H and O–H groups in total. The summed E-state index contributed by atoms with van der Waals surface area (Å²) in [5.41, 5.74) is 5.78. The molecule has 3 aromatic rings. The van der Waals surface area contributed by atoms with E-state index in [1.54, 1.807) is 12.1 Å². The SMILES string of the molecule is CCN1NC([C@@H]2C[C@@H](O)CC2C(=O)[C@@H](c2cc(C)no2)C(C)C)=N[C@@]1(C)c1ccc(-c2ccccc2F)cc1. The number of nitrogens with one attached hydrogen (secondary N) is 1. The van der Waals surface area contributed by atoms with Crippen LogP contribution in [0.25, 0.3) is 11.1 Å². The van der Waals surface area contributed by atoms with Gasteiger partial charge in [-0.3, -0.25) is 4.79 Å². The van der Waals surface area contributed by atoms with Crippen molar-refractivity contribution in [3.8, 4) is 11.1 Å². The van der Waals surface area contributed by atoms with Crippen LogP contribution in [0.1, 0.15) is 63.5 Å². The van der Waals surface area contributed by atoms with Crippen molar-refractivity contribution >= 4 is 11.6 Å². The average molecular weight is 533 g/mol. The van der Waals surface area contributed by atoms with Crippen LogP contribution >= 0.6 is 0 Å². The van der Waals surface area contributed by atoms with Crippen LogP contribution in [0.2, 0.25) is 0 Å². The monoisotopic (exact) mass is 532 g/mol. The fourth-order valence-corrected chi connectivity index (χ4v) is 6.19. The number of hydrogen-bond donors (Lipinski definition) is 2. The number of benzene rings is 2. The van der Waals surface area contributed by atoms with Gasteiger partial charge in [-0.15, -0.1) is 0 Å². The lowest BCUT2D eigenvalue weighted by Crippen LogP contribution is -2.47. The summed E-state index contributed by atoms with van der Waals surface area (Å²) in [6, 6.07) is 16.4. The lowest BCUT2D eigenvalue weighted by molar-refractivity contribution is -0.126. The summed E-state index contributed by atoms with van der Waals surface area (Å²) in [5, 5.41) is 16.7. The number of aliphatic hydroxyl groups excluding tert-OH is 1. The molecule has 0 saturated heterocycles. The number of aliphatic imine (C=N–C) groups is 1. The van der Waals surface area contributed by atoms with Gasteiger partial charge in [-0.2, -0.15) is 5.01 Å². The standard InChI is InChI=1S/C31H37FN4O3/c1-6-36-31(5,21-13-11-20(12-14-21)23-9-7-8-10-26(23)32)33-30(34-36)25-17-22(37)16-24(25)29(38)28(18(2)3)27-15-19(4)35-39-27/h7-15,18,22,24-25,28,37H,6,16-17H2,1-5H3,(H,33,34)/t22-,24?,25+,28+,31+/m0/s1. The molecule has 1 aliphatic carbocycles. The zero-order valence-corrected chi connectivity index (χ0v) is 23.2. The van der Waals surface area contributed by atoms with Gasteiger partial charge < -0.3 is 15.1 Å². The van der Waals surface area contributed by atoms with Gasteiger partial charge in [0.1, 0.15) is 23.2 Å². The number of carbonyl (C=O) groups is 1. The second-order valence-electron chi connectivity index (χ2n) is 11.3. The number of nitrogens with zero attached hydrogens (tertiary/aromatic N) is 3. The minimum Gasteiger partial charge on any atom is -0.393 e. The zero-order valence-electron chi connectivity index (χ0n) is 23.2. The molecule has 0 amide bonds. The molecule has 0 spiro atoms. The van der Waals surface area contributed by atoms with E-state index in [4.69, 9.17) is 9.52 Å². The minimum atomic E-state index is -0.724. The van der Waals surface area contributed by atoms with E-state index in [2.05, 4.69) is 10.6 Å². The topological polar surface area (TPSA) is 91.0 Å². The van der Waals surface area contributed by atoms with Crippen LogP contribution in [0.5, 0.6) is 0 Å². The number of carbonyl (C=O) groups excluding carboxylic acids is 1. The lowest BCUT2D eigenvalue weighted by Gasteiger charge is -2.32. The van der Waals surface area contributed by atoms with Crippen LogP contribution < -0.4 is 5.43 Å². The number of aryl methyl sites for hydroxylation is 1. The summed E-state index contributed by atoms with van der Waals surface area (Å²) in [4.78, 5) is 19.1. The highest BCUT2D eigenvalue weighted by Gasteiger charge is 2.49. The normalized spacial score (nSPS) is 26.1. The van der Waals surface area contributed by atoms with Crippen molar-refractivity contribution in [1.29, 1.82) is 0 Å². The highest BCUT2D eigenvalue weighted by Crippen LogP contribution is 2.43. The van der Waals surface area contributed by atoms with Crippen molar-refractivity contribution in [3.05, 3.63) is 77.4 Å². The van der Waals surface area contributed by atoms with Crippen LogP contribution in [-0.4, -0.2) is 39.5 Å². The Morgan fingerprint density at radius 2 is 1.92 bits per heavy atom. The van der Waals surface area contributed by atoms with Gasteiger partial charge in [0, 0.05) is 30.0 Å². The third-order valence-electron chi connectivity index (χ3n) is 8.23. The predicted octanol–water partition coefficient (Wildman–Crippen LogP) is 5.60. The average Bonchev–Trinajstić information content (AvgIpc) is 3.61. The smallest absolute Gasteiger partial charge is 0.154 e. The fraction of sp³-hybridized carbons (Fsp3) is 0.452. The Morgan fingerprint density at radius 3 is 2.54 bits per heavy atom. The van der Waals surface area contributed by atoms with Gasteiger partial charge in [-0.25, -0.2) is 9.38 Å². The first kappa shape index (κ1) is 27.2. The van der Waals surface area contributed by atoms with E-state index in [0.29, 0.717) is 36.5 Å². The molecule has 2 aromatic carbocycles. The quantitative estimate of drug-likeness (QED) is 0.393. The van der Waals surface area contributed by atoms with Gasteiger partial charge in [0.05, 0.1) is 17.7 Å². The molecule has 1 fully saturated rings. The van der Waals surface area contributed by atoms with E-state index in [0.717, 1.165) is 16.8 Å². The van der Waals surface area contributed by atoms with Crippen LogP contribution in [-0.2, 0) is 10.5 Å². The molecule has 2 aliphatic rings. The molecule has 1 unspecified atom stereocenters. The Morgan fingerprint density at radius 1 is 1.21 bits per heavy atom. The maximum absolute atomic E-state index is 14.3. The molecule has 1 aliphatic heterocycles. The van der Waals surface area contributed by atoms with E-state index in [1.807, 2.05) is 76.0 Å². The molecule has 1 aromatic heterocycles. The number of aliphatic hydroxyl groups is 1. The van der Waals surface area contributed by atoms with Crippen molar-refractivity contribution in [2.75, 3.05) is 6.54 Å². The molecule has 5 rings (SSSR count).